The van der Waals surface area contributed by atoms with Gasteiger partial charge in [0.2, 0.25) is 0 Å². The van der Waals surface area contributed by atoms with E-state index in [0.717, 1.165) is 56.7 Å². The van der Waals surface area contributed by atoms with Crippen LogP contribution < -0.4 is 0 Å². The van der Waals surface area contributed by atoms with Crippen molar-refractivity contribution < 1.29 is 0 Å². The van der Waals surface area contributed by atoms with E-state index in [1.807, 2.05) is 24.8 Å². The van der Waals surface area contributed by atoms with Crippen molar-refractivity contribution in [1.29, 1.82) is 0 Å². The molecule has 1 fully saturated rings. The van der Waals surface area contributed by atoms with Gasteiger partial charge in [0.15, 0.2) is 5.16 Å². The molecule has 7 heteroatoms. The third kappa shape index (κ3) is 5.26. The minimum absolute atomic E-state index is 0.567. The average Bonchev–Trinajstić information content (AvgIpc) is 3.03. The highest BCUT2D eigenvalue weighted by Crippen LogP contribution is 2.21. The summed E-state index contributed by atoms with van der Waals surface area (Å²) in [6.45, 7) is 10.6. The van der Waals surface area contributed by atoms with E-state index in [0.29, 0.717) is 5.25 Å². The van der Waals surface area contributed by atoms with Crippen molar-refractivity contribution in [1.82, 2.24) is 29.3 Å². The van der Waals surface area contributed by atoms with Gasteiger partial charge in [-0.2, -0.15) is 0 Å². The van der Waals surface area contributed by atoms with E-state index < -0.39 is 0 Å². The van der Waals surface area contributed by atoms with E-state index >= 15 is 0 Å². The fraction of sp³-hybridized carbons (Fsp3) is 0.611. The van der Waals surface area contributed by atoms with Crippen LogP contribution in [0.2, 0.25) is 0 Å². The first kappa shape index (κ1) is 18.4. The van der Waals surface area contributed by atoms with Crippen molar-refractivity contribution in [3.8, 4) is 0 Å². The van der Waals surface area contributed by atoms with Crippen molar-refractivity contribution in [2.75, 3.05) is 26.2 Å². The van der Waals surface area contributed by atoms with Gasteiger partial charge < -0.3 is 4.57 Å². The first-order chi connectivity index (χ1) is 12.1. The second-order valence-corrected chi connectivity index (χ2v) is 8.12. The molecule has 3 rings (SSSR count). The zero-order valence-corrected chi connectivity index (χ0v) is 16.2. The maximum atomic E-state index is 4.51. The Morgan fingerprint density at radius 1 is 1.04 bits per heavy atom. The van der Waals surface area contributed by atoms with Gasteiger partial charge in [-0.1, -0.05) is 25.6 Å². The summed E-state index contributed by atoms with van der Waals surface area (Å²) in [4.78, 5) is 18.4. The Kier molecular flexibility index (Phi) is 6.45. The summed E-state index contributed by atoms with van der Waals surface area (Å²) in [5, 5.41) is 1.45. The number of hydrogen-bond acceptors (Lipinski definition) is 6. The van der Waals surface area contributed by atoms with Gasteiger partial charge in [-0.25, -0.2) is 15.0 Å². The van der Waals surface area contributed by atoms with Gasteiger partial charge in [0.1, 0.15) is 5.82 Å². The SMILES string of the molecule is CC[C@H](C)Sc1ncc(CN2CCN(Cc3nccn3C)CC2)cn1. The molecule has 0 saturated carbocycles. The molecule has 25 heavy (non-hydrogen) atoms. The molecular weight excluding hydrogens is 332 g/mol. The molecule has 0 amide bonds. The molecule has 2 aromatic heterocycles. The van der Waals surface area contributed by atoms with Gasteiger partial charge >= 0.3 is 0 Å². The number of nitrogens with zero attached hydrogens (tertiary/aromatic N) is 6. The van der Waals surface area contributed by atoms with Crippen LogP contribution in [0.1, 0.15) is 31.7 Å². The lowest BCUT2D eigenvalue weighted by molar-refractivity contribution is 0.119. The zero-order chi connectivity index (χ0) is 17.6. The van der Waals surface area contributed by atoms with E-state index in [2.05, 4.69) is 50.2 Å². The smallest absolute Gasteiger partial charge is 0.187 e. The lowest BCUT2D eigenvalue weighted by atomic mass is 10.2. The lowest BCUT2D eigenvalue weighted by Gasteiger charge is -2.34. The molecule has 0 unspecified atom stereocenters. The van der Waals surface area contributed by atoms with Crippen molar-refractivity contribution in [2.45, 2.75) is 43.8 Å². The Labute approximate surface area is 154 Å². The van der Waals surface area contributed by atoms with E-state index in [1.54, 1.807) is 11.8 Å². The standard InChI is InChI=1S/C18H28N6S/c1-4-15(2)25-18-20-11-16(12-21-18)13-23-7-9-24(10-8-23)14-17-19-5-6-22(17)3/h5-6,11-12,15H,4,7-10,13-14H2,1-3H3/t15-/m0/s1. The van der Waals surface area contributed by atoms with Crippen molar-refractivity contribution >= 4 is 11.8 Å². The van der Waals surface area contributed by atoms with E-state index in [-0.39, 0.29) is 0 Å². The summed E-state index contributed by atoms with van der Waals surface area (Å²) in [5.74, 6) is 1.14. The highest BCUT2D eigenvalue weighted by Gasteiger charge is 2.18. The van der Waals surface area contributed by atoms with Crippen LogP contribution in [0.5, 0.6) is 0 Å². The van der Waals surface area contributed by atoms with Crippen LogP contribution in [0, 0.1) is 0 Å². The topological polar surface area (TPSA) is 50.1 Å². The number of imidazole rings is 1. The van der Waals surface area contributed by atoms with Gasteiger partial charge in [0, 0.05) is 75.4 Å². The molecule has 1 aliphatic rings. The predicted octanol–water partition coefficient (Wildman–Crippen LogP) is 2.42. The Morgan fingerprint density at radius 3 is 2.24 bits per heavy atom. The number of aryl methyl sites for hydroxylation is 1. The molecule has 1 saturated heterocycles. The molecule has 136 valence electrons. The fourth-order valence-electron chi connectivity index (χ4n) is 2.86. The molecule has 0 spiro atoms. The summed E-state index contributed by atoms with van der Waals surface area (Å²) in [7, 11) is 2.06. The van der Waals surface area contributed by atoms with Crippen LogP contribution in [0.25, 0.3) is 0 Å². The van der Waals surface area contributed by atoms with Gasteiger partial charge in [-0.15, -0.1) is 0 Å². The van der Waals surface area contributed by atoms with E-state index in [4.69, 9.17) is 0 Å². The van der Waals surface area contributed by atoms with Crippen LogP contribution in [0.15, 0.2) is 29.9 Å². The lowest BCUT2D eigenvalue weighted by Crippen LogP contribution is -2.45. The van der Waals surface area contributed by atoms with Crippen LogP contribution in [-0.4, -0.2) is 60.7 Å². The number of piperazine rings is 1. The third-order valence-corrected chi connectivity index (χ3v) is 5.88. The van der Waals surface area contributed by atoms with Crippen LogP contribution in [0.3, 0.4) is 0 Å². The molecule has 0 N–H and O–H groups in total. The molecule has 0 bridgehead atoms. The van der Waals surface area contributed by atoms with Crippen molar-refractivity contribution in [3.63, 3.8) is 0 Å². The maximum Gasteiger partial charge on any atom is 0.187 e. The average molecular weight is 361 g/mol. The van der Waals surface area contributed by atoms with Gasteiger partial charge in [0.05, 0.1) is 6.54 Å². The Balaban J connectivity index is 1.45. The molecule has 0 aliphatic carbocycles. The summed E-state index contributed by atoms with van der Waals surface area (Å²) in [6, 6.07) is 0. The molecule has 1 atom stereocenters. The Morgan fingerprint density at radius 2 is 1.68 bits per heavy atom. The molecule has 2 aromatic rings. The van der Waals surface area contributed by atoms with Gasteiger partial charge in [-0.05, 0) is 6.42 Å². The number of hydrogen-bond donors (Lipinski definition) is 0. The second-order valence-electron chi connectivity index (χ2n) is 6.72. The van der Waals surface area contributed by atoms with Gasteiger partial charge in [-0.3, -0.25) is 9.80 Å². The zero-order valence-electron chi connectivity index (χ0n) is 15.4. The van der Waals surface area contributed by atoms with Gasteiger partial charge in [0.25, 0.3) is 0 Å². The Hall–Kier alpha value is -1.44. The monoisotopic (exact) mass is 360 g/mol. The highest BCUT2D eigenvalue weighted by atomic mass is 32.2. The first-order valence-electron chi connectivity index (χ1n) is 9.02. The molecule has 6 nitrogen and oxygen atoms in total. The number of thioether (sulfide) groups is 1. The number of aromatic nitrogens is 4. The van der Waals surface area contributed by atoms with Crippen LogP contribution >= 0.6 is 11.8 Å². The van der Waals surface area contributed by atoms with Crippen molar-refractivity contribution in [2.24, 2.45) is 7.05 Å². The Bertz CT molecular complexity index is 648. The summed E-state index contributed by atoms with van der Waals surface area (Å²) in [6.07, 6.45) is 8.98. The minimum atomic E-state index is 0.567. The maximum absolute atomic E-state index is 4.51. The first-order valence-corrected chi connectivity index (χ1v) is 9.90. The molecule has 3 heterocycles. The highest BCUT2D eigenvalue weighted by molar-refractivity contribution is 7.99. The summed E-state index contributed by atoms with van der Waals surface area (Å²) in [5.41, 5.74) is 1.20. The van der Waals surface area contributed by atoms with Crippen LogP contribution in [-0.2, 0) is 20.1 Å². The second kappa shape index (κ2) is 8.78. The largest absolute Gasteiger partial charge is 0.337 e. The molecule has 1 aliphatic heterocycles. The van der Waals surface area contributed by atoms with E-state index in [9.17, 15) is 0 Å². The quantitative estimate of drug-likeness (QED) is 0.558. The number of rotatable bonds is 7. The molecule has 0 radical (unpaired) electrons. The van der Waals surface area contributed by atoms with E-state index in [1.165, 1.54) is 5.56 Å². The molecule has 0 aromatic carbocycles. The predicted molar refractivity (Wildman–Crippen MR) is 101 cm³/mol. The van der Waals surface area contributed by atoms with Crippen LogP contribution in [0.4, 0.5) is 0 Å². The molecular formula is C18H28N6S. The fourth-order valence-corrected chi connectivity index (χ4v) is 3.61. The third-order valence-electron chi connectivity index (χ3n) is 4.72. The summed E-state index contributed by atoms with van der Waals surface area (Å²) >= 11 is 1.75. The van der Waals surface area contributed by atoms with Crippen molar-refractivity contribution in [3.05, 3.63) is 36.2 Å². The normalized spacial score (nSPS) is 17.7. The minimum Gasteiger partial charge on any atom is -0.337 e. The summed E-state index contributed by atoms with van der Waals surface area (Å²) < 4.78 is 2.10.